The molecule has 2 N–H and O–H groups in total. The summed E-state index contributed by atoms with van der Waals surface area (Å²) in [6, 6.07) is 24.5. The molecule has 0 spiro atoms. The maximum absolute atomic E-state index is 9.97. The van der Waals surface area contributed by atoms with Crippen LogP contribution in [0.1, 0.15) is 28.3 Å². The Kier molecular flexibility index (Phi) is 5.36. The summed E-state index contributed by atoms with van der Waals surface area (Å²) < 4.78 is 5.10. The highest BCUT2D eigenvalue weighted by Gasteiger charge is 2.13. The van der Waals surface area contributed by atoms with Gasteiger partial charge in [-0.25, -0.2) is 0 Å². The zero-order valence-corrected chi connectivity index (χ0v) is 14.6. The molecule has 3 nitrogen and oxygen atoms in total. The van der Waals surface area contributed by atoms with E-state index in [0.717, 1.165) is 5.56 Å². The third-order valence-corrected chi connectivity index (χ3v) is 4.30. The van der Waals surface area contributed by atoms with E-state index in [1.807, 2.05) is 12.1 Å². The molecule has 0 amide bonds. The maximum atomic E-state index is 9.97. The minimum Gasteiger partial charge on any atom is -0.504 e. The second-order valence-corrected chi connectivity index (χ2v) is 6.14. The number of hydrogen-bond acceptors (Lipinski definition) is 3. The molecule has 0 unspecified atom stereocenters. The number of hydrogen-bond donors (Lipinski definition) is 2. The summed E-state index contributed by atoms with van der Waals surface area (Å²) in [4.78, 5) is 0. The normalized spacial score (nSPS) is 11.9. The average molecular weight is 333 g/mol. The van der Waals surface area contributed by atoms with Crippen molar-refractivity contribution < 1.29 is 9.84 Å². The van der Waals surface area contributed by atoms with Gasteiger partial charge in [0, 0.05) is 6.54 Å². The van der Waals surface area contributed by atoms with Gasteiger partial charge in [-0.05, 0) is 35.7 Å². The summed E-state index contributed by atoms with van der Waals surface area (Å²) in [7, 11) is 1.55. The average Bonchev–Trinajstić information content (AvgIpc) is 2.64. The van der Waals surface area contributed by atoms with Gasteiger partial charge in [0.15, 0.2) is 11.5 Å². The van der Waals surface area contributed by atoms with E-state index in [1.165, 1.54) is 16.7 Å². The van der Waals surface area contributed by atoms with Gasteiger partial charge in [0.1, 0.15) is 0 Å². The number of benzene rings is 3. The van der Waals surface area contributed by atoms with Crippen LogP contribution in [-0.2, 0) is 6.54 Å². The standard InChI is InChI=1S/C22H23NO2/c1-16-8-11-19(12-9-16)22(18-6-4-3-5-7-18)23-15-17-10-13-21(25-2)20(24)14-17/h3-14,22-24H,15H2,1-2H3/t22-/m0/s1. The minimum atomic E-state index is 0.0889. The van der Waals surface area contributed by atoms with Crippen molar-refractivity contribution in [1.29, 1.82) is 0 Å². The van der Waals surface area contributed by atoms with Crippen molar-refractivity contribution in [3.05, 3.63) is 95.1 Å². The summed E-state index contributed by atoms with van der Waals surface area (Å²) in [6.45, 7) is 2.74. The quantitative estimate of drug-likeness (QED) is 0.693. The van der Waals surface area contributed by atoms with Crippen molar-refractivity contribution >= 4 is 0 Å². The molecule has 0 saturated carbocycles. The Bertz CT molecular complexity index is 813. The van der Waals surface area contributed by atoms with Crippen LogP contribution in [0.5, 0.6) is 11.5 Å². The van der Waals surface area contributed by atoms with Crippen LogP contribution in [0, 0.1) is 6.92 Å². The number of phenols is 1. The molecule has 0 fully saturated rings. The highest BCUT2D eigenvalue weighted by Crippen LogP contribution is 2.27. The Morgan fingerprint density at radius 2 is 1.60 bits per heavy atom. The van der Waals surface area contributed by atoms with E-state index in [2.05, 4.69) is 60.8 Å². The van der Waals surface area contributed by atoms with Gasteiger partial charge < -0.3 is 15.2 Å². The van der Waals surface area contributed by atoms with Crippen molar-refractivity contribution in [2.45, 2.75) is 19.5 Å². The van der Waals surface area contributed by atoms with Crippen LogP contribution in [0.15, 0.2) is 72.8 Å². The monoisotopic (exact) mass is 333 g/mol. The van der Waals surface area contributed by atoms with Gasteiger partial charge in [-0.2, -0.15) is 0 Å². The molecule has 0 aliphatic carbocycles. The Labute approximate surface area is 148 Å². The topological polar surface area (TPSA) is 41.5 Å². The second-order valence-electron chi connectivity index (χ2n) is 6.14. The largest absolute Gasteiger partial charge is 0.504 e. The molecule has 0 aliphatic heterocycles. The Balaban J connectivity index is 1.83. The van der Waals surface area contributed by atoms with Crippen molar-refractivity contribution in [2.24, 2.45) is 0 Å². The fourth-order valence-electron chi connectivity index (χ4n) is 2.90. The van der Waals surface area contributed by atoms with Crippen LogP contribution in [0.3, 0.4) is 0 Å². The first kappa shape index (κ1) is 17.1. The number of nitrogens with one attached hydrogen (secondary N) is 1. The second kappa shape index (κ2) is 7.86. The lowest BCUT2D eigenvalue weighted by molar-refractivity contribution is 0.373. The van der Waals surface area contributed by atoms with Gasteiger partial charge in [0.2, 0.25) is 0 Å². The molecule has 3 rings (SSSR count). The van der Waals surface area contributed by atoms with E-state index < -0.39 is 0 Å². The van der Waals surface area contributed by atoms with Gasteiger partial charge in [-0.3, -0.25) is 0 Å². The van der Waals surface area contributed by atoms with Crippen molar-refractivity contribution in [3.8, 4) is 11.5 Å². The van der Waals surface area contributed by atoms with Crippen molar-refractivity contribution in [3.63, 3.8) is 0 Å². The maximum Gasteiger partial charge on any atom is 0.160 e. The molecule has 0 saturated heterocycles. The van der Waals surface area contributed by atoms with Gasteiger partial charge in [0.25, 0.3) is 0 Å². The van der Waals surface area contributed by atoms with Gasteiger partial charge >= 0.3 is 0 Å². The molecular weight excluding hydrogens is 310 g/mol. The highest BCUT2D eigenvalue weighted by molar-refractivity contribution is 5.42. The highest BCUT2D eigenvalue weighted by atomic mass is 16.5. The zero-order chi connectivity index (χ0) is 17.6. The Hall–Kier alpha value is -2.78. The number of methoxy groups -OCH3 is 1. The minimum absolute atomic E-state index is 0.0889. The first-order valence-electron chi connectivity index (χ1n) is 8.38. The molecule has 3 heteroatoms. The predicted octanol–water partition coefficient (Wildman–Crippen LogP) is 4.59. The third-order valence-electron chi connectivity index (χ3n) is 4.30. The molecule has 25 heavy (non-hydrogen) atoms. The summed E-state index contributed by atoms with van der Waals surface area (Å²) in [5.41, 5.74) is 4.68. The van der Waals surface area contributed by atoms with E-state index in [9.17, 15) is 5.11 Å². The van der Waals surface area contributed by atoms with Crippen LogP contribution in [0.2, 0.25) is 0 Å². The summed E-state index contributed by atoms with van der Waals surface area (Å²) in [6.07, 6.45) is 0. The molecule has 0 radical (unpaired) electrons. The van der Waals surface area contributed by atoms with Crippen molar-refractivity contribution in [1.82, 2.24) is 5.32 Å². The summed E-state index contributed by atoms with van der Waals surface area (Å²) >= 11 is 0. The van der Waals surface area contributed by atoms with Crippen LogP contribution in [0.4, 0.5) is 0 Å². The fourth-order valence-corrected chi connectivity index (χ4v) is 2.90. The van der Waals surface area contributed by atoms with Gasteiger partial charge in [-0.1, -0.05) is 66.2 Å². The predicted molar refractivity (Wildman–Crippen MR) is 101 cm³/mol. The van der Waals surface area contributed by atoms with Crippen LogP contribution >= 0.6 is 0 Å². The van der Waals surface area contributed by atoms with Crippen molar-refractivity contribution in [2.75, 3.05) is 7.11 Å². The summed E-state index contributed by atoms with van der Waals surface area (Å²) in [5.74, 6) is 0.648. The number of aromatic hydroxyl groups is 1. The molecule has 0 heterocycles. The Morgan fingerprint density at radius 3 is 2.24 bits per heavy atom. The van der Waals surface area contributed by atoms with Gasteiger partial charge in [-0.15, -0.1) is 0 Å². The van der Waals surface area contributed by atoms with E-state index in [-0.39, 0.29) is 11.8 Å². The molecule has 3 aromatic rings. The Morgan fingerprint density at radius 1 is 0.920 bits per heavy atom. The summed E-state index contributed by atoms with van der Waals surface area (Å²) in [5, 5.41) is 13.6. The molecule has 1 atom stereocenters. The molecule has 0 aromatic heterocycles. The van der Waals surface area contributed by atoms with E-state index in [1.54, 1.807) is 19.2 Å². The lowest BCUT2D eigenvalue weighted by Gasteiger charge is -2.20. The van der Waals surface area contributed by atoms with Gasteiger partial charge in [0.05, 0.1) is 13.2 Å². The third kappa shape index (κ3) is 4.20. The number of aryl methyl sites for hydroxylation is 1. The molecule has 0 aliphatic rings. The SMILES string of the molecule is COc1ccc(CN[C@@H](c2ccccc2)c2ccc(C)cc2)cc1O. The molecule has 0 bridgehead atoms. The van der Waals surface area contributed by atoms with E-state index in [0.29, 0.717) is 12.3 Å². The smallest absolute Gasteiger partial charge is 0.160 e. The fraction of sp³-hybridized carbons (Fsp3) is 0.182. The molecule has 3 aromatic carbocycles. The first-order valence-corrected chi connectivity index (χ1v) is 8.38. The lowest BCUT2D eigenvalue weighted by atomic mass is 9.97. The molecule has 128 valence electrons. The number of ether oxygens (including phenoxy) is 1. The van der Waals surface area contributed by atoms with E-state index >= 15 is 0 Å². The van der Waals surface area contributed by atoms with Crippen LogP contribution < -0.4 is 10.1 Å². The van der Waals surface area contributed by atoms with Crippen LogP contribution in [0.25, 0.3) is 0 Å². The number of rotatable bonds is 6. The van der Waals surface area contributed by atoms with E-state index in [4.69, 9.17) is 4.74 Å². The lowest BCUT2D eigenvalue weighted by Crippen LogP contribution is -2.22. The van der Waals surface area contributed by atoms with Crippen LogP contribution in [-0.4, -0.2) is 12.2 Å². The first-order chi connectivity index (χ1) is 12.2. The zero-order valence-electron chi connectivity index (χ0n) is 14.6. The molecular formula is C22H23NO2. The number of phenolic OH excluding ortho intramolecular Hbond substituents is 1.